The Labute approximate surface area is 195 Å². The molecule has 0 radical (unpaired) electrons. The number of amides is 1. The smallest absolute Gasteiger partial charge is 0.240 e. The molecule has 4 aromatic rings. The molecule has 0 saturated carbocycles. The van der Waals surface area contributed by atoms with E-state index < -0.39 is 5.25 Å². The van der Waals surface area contributed by atoms with Crippen molar-refractivity contribution < 1.29 is 4.79 Å². The minimum Gasteiger partial charge on any atom is -0.325 e. The lowest BCUT2D eigenvalue weighted by molar-refractivity contribution is -0.116. The van der Waals surface area contributed by atoms with E-state index in [1.54, 1.807) is 0 Å². The van der Waals surface area contributed by atoms with Crippen molar-refractivity contribution in [2.24, 2.45) is 0 Å². The summed E-state index contributed by atoms with van der Waals surface area (Å²) in [5.41, 5.74) is 7.17. The van der Waals surface area contributed by atoms with Crippen LogP contribution < -0.4 is 10.7 Å². The monoisotopic (exact) mass is 461 g/mol. The summed E-state index contributed by atoms with van der Waals surface area (Å²) in [7, 11) is 0. The van der Waals surface area contributed by atoms with Crippen LogP contribution in [0.2, 0.25) is 5.02 Å². The molecule has 0 saturated heterocycles. The zero-order valence-corrected chi connectivity index (χ0v) is 18.8. The van der Waals surface area contributed by atoms with Crippen LogP contribution in [0.5, 0.6) is 0 Å². The number of halogens is 1. The van der Waals surface area contributed by atoms with Gasteiger partial charge in [0.05, 0.1) is 6.04 Å². The average molecular weight is 462 g/mol. The van der Waals surface area contributed by atoms with E-state index in [1.165, 1.54) is 11.8 Å². The highest BCUT2D eigenvalue weighted by Crippen LogP contribution is 2.39. The Morgan fingerprint density at radius 2 is 1.72 bits per heavy atom. The first-order chi connectivity index (χ1) is 15.6. The van der Waals surface area contributed by atoms with Crippen molar-refractivity contribution in [1.82, 2.24) is 14.9 Å². The number of para-hydroxylation sites is 1. The molecule has 0 bridgehead atoms. The Morgan fingerprint density at radius 3 is 2.47 bits per heavy atom. The maximum atomic E-state index is 13.4. The van der Waals surface area contributed by atoms with Crippen LogP contribution in [-0.2, 0) is 4.79 Å². The molecule has 8 heteroatoms. The van der Waals surface area contributed by atoms with Crippen LogP contribution >= 0.6 is 23.4 Å². The second kappa shape index (κ2) is 8.68. The number of fused-ring (bicyclic) bond motifs is 1. The summed E-state index contributed by atoms with van der Waals surface area (Å²) in [5, 5.41) is 12.6. The van der Waals surface area contributed by atoms with Gasteiger partial charge in [-0.3, -0.25) is 4.79 Å². The van der Waals surface area contributed by atoms with Crippen LogP contribution in [0.4, 0.5) is 5.69 Å². The lowest BCUT2D eigenvalue weighted by atomic mass is 10.0. The largest absolute Gasteiger partial charge is 0.325 e. The van der Waals surface area contributed by atoms with Crippen molar-refractivity contribution in [2.45, 2.75) is 23.4 Å². The van der Waals surface area contributed by atoms with Gasteiger partial charge in [0.15, 0.2) is 5.82 Å². The molecule has 1 amide bonds. The third-order valence-electron chi connectivity index (χ3n) is 5.36. The van der Waals surface area contributed by atoms with Crippen molar-refractivity contribution >= 4 is 35.0 Å². The lowest BCUT2D eigenvalue weighted by Crippen LogP contribution is -2.41. The quantitative estimate of drug-likeness (QED) is 0.431. The maximum Gasteiger partial charge on any atom is 0.240 e. The molecule has 160 valence electrons. The van der Waals surface area contributed by atoms with E-state index in [9.17, 15) is 4.79 Å². The average Bonchev–Trinajstić information content (AvgIpc) is 3.24. The molecule has 0 aliphatic carbocycles. The summed E-state index contributed by atoms with van der Waals surface area (Å²) in [6.45, 7) is 1.97. The molecule has 0 unspecified atom stereocenters. The van der Waals surface area contributed by atoms with Gasteiger partial charge >= 0.3 is 0 Å². The fourth-order valence-electron chi connectivity index (χ4n) is 3.67. The van der Waals surface area contributed by atoms with Gasteiger partial charge in [0.2, 0.25) is 11.1 Å². The van der Waals surface area contributed by atoms with Crippen molar-refractivity contribution in [1.29, 1.82) is 0 Å². The summed E-state index contributed by atoms with van der Waals surface area (Å²) in [6, 6.07) is 24.8. The first kappa shape index (κ1) is 20.6. The summed E-state index contributed by atoms with van der Waals surface area (Å²) < 4.78 is 1.86. The third kappa shape index (κ3) is 3.97. The van der Waals surface area contributed by atoms with E-state index in [4.69, 9.17) is 11.6 Å². The molecule has 3 aromatic carbocycles. The molecule has 0 spiro atoms. The predicted molar refractivity (Wildman–Crippen MR) is 128 cm³/mol. The van der Waals surface area contributed by atoms with E-state index in [0.29, 0.717) is 16.0 Å². The van der Waals surface area contributed by atoms with E-state index in [0.717, 1.165) is 22.4 Å². The van der Waals surface area contributed by atoms with E-state index >= 15 is 0 Å². The van der Waals surface area contributed by atoms with E-state index in [1.807, 2.05) is 90.5 Å². The second-order valence-corrected chi connectivity index (χ2v) is 9.05. The number of nitrogens with zero attached hydrogens (tertiary/aromatic N) is 3. The molecule has 1 aliphatic rings. The standard InChI is InChI=1S/C24H20ClN5OS/c1-15-7-5-6-10-19(15)26-23(31)21-20(16-11-13-18(25)14-12-16)29-30-22(27-28-24(30)32-21)17-8-3-2-4-9-17/h2-14,20-21,29H,1H3,(H,26,31)/t20-,21-/m0/s1. The number of aromatic nitrogens is 3. The van der Waals surface area contributed by atoms with Crippen molar-refractivity contribution in [2.75, 3.05) is 10.7 Å². The highest BCUT2D eigenvalue weighted by Gasteiger charge is 2.38. The molecule has 0 fully saturated rings. The first-order valence-corrected chi connectivity index (χ1v) is 11.4. The topological polar surface area (TPSA) is 71.8 Å². The Balaban J connectivity index is 1.52. The molecular formula is C24H20ClN5OS. The van der Waals surface area contributed by atoms with Gasteiger partial charge < -0.3 is 10.7 Å². The molecule has 2 heterocycles. The minimum absolute atomic E-state index is 0.104. The Kier molecular flexibility index (Phi) is 5.59. The van der Waals surface area contributed by atoms with Gasteiger partial charge in [-0.1, -0.05) is 84.0 Å². The number of carbonyl (C=O) groups excluding carboxylic acids is 1. The molecular weight excluding hydrogens is 442 g/mol. The SMILES string of the molecule is Cc1ccccc1NC(=O)[C@H]1Sc2nnc(-c3ccccc3)n2N[C@H]1c1ccc(Cl)cc1. The van der Waals surface area contributed by atoms with Gasteiger partial charge in [-0.05, 0) is 36.2 Å². The van der Waals surface area contributed by atoms with Gasteiger partial charge in [-0.15, -0.1) is 10.2 Å². The summed E-state index contributed by atoms with van der Waals surface area (Å²) in [4.78, 5) is 13.4. The van der Waals surface area contributed by atoms with Gasteiger partial charge in [-0.2, -0.15) is 0 Å². The number of rotatable bonds is 4. The molecule has 2 atom stereocenters. The maximum absolute atomic E-state index is 13.4. The van der Waals surface area contributed by atoms with Crippen molar-refractivity contribution in [3.8, 4) is 11.4 Å². The minimum atomic E-state index is -0.462. The fraction of sp³-hybridized carbons (Fsp3) is 0.125. The summed E-state index contributed by atoms with van der Waals surface area (Å²) in [6.07, 6.45) is 0. The van der Waals surface area contributed by atoms with Gasteiger partial charge in [-0.25, -0.2) is 4.68 Å². The Hall–Kier alpha value is -3.29. The van der Waals surface area contributed by atoms with Crippen LogP contribution in [0.25, 0.3) is 11.4 Å². The molecule has 5 rings (SSSR count). The lowest BCUT2D eigenvalue weighted by Gasteiger charge is -2.33. The zero-order valence-electron chi connectivity index (χ0n) is 17.2. The third-order valence-corrected chi connectivity index (χ3v) is 6.83. The highest BCUT2D eigenvalue weighted by molar-refractivity contribution is 8.00. The van der Waals surface area contributed by atoms with Crippen LogP contribution in [0.15, 0.2) is 84.0 Å². The summed E-state index contributed by atoms with van der Waals surface area (Å²) >= 11 is 7.51. The summed E-state index contributed by atoms with van der Waals surface area (Å²) in [5.74, 6) is 0.595. The number of aryl methyl sites for hydroxylation is 1. The molecule has 32 heavy (non-hydrogen) atoms. The number of benzene rings is 3. The molecule has 6 nitrogen and oxygen atoms in total. The van der Waals surface area contributed by atoms with Crippen LogP contribution in [0.3, 0.4) is 0 Å². The molecule has 1 aromatic heterocycles. The number of hydrogen-bond donors (Lipinski definition) is 2. The zero-order chi connectivity index (χ0) is 22.1. The van der Waals surface area contributed by atoms with Crippen LogP contribution in [0, 0.1) is 6.92 Å². The number of thioether (sulfide) groups is 1. The van der Waals surface area contributed by atoms with Crippen LogP contribution in [-0.4, -0.2) is 26.0 Å². The number of hydrogen-bond acceptors (Lipinski definition) is 5. The van der Waals surface area contributed by atoms with Gasteiger partial charge in [0, 0.05) is 16.3 Å². The van der Waals surface area contributed by atoms with Gasteiger partial charge in [0.25, 0.3) is 0 Å². The fourth-order valence-corrected chi connectivity index (χ4v) is 4.87. The molecule has 2 N–H and O–H groups in total. The van der Waals surface area contributed by atoms with Crippen LogP contribution in [0.1, 0.15) is 17.2 Å². The number of carbonyl (C=O) groups is 1. The van der Waals surface area contributed by atoms with Crippen molar-refractivity contribution in [3.63, 3.8) is 0 Å². The predicted octanol–water partition coefficient (Wildman–Crippen LogP) is 5.30. The number of nitrogens with one attached hydrogen (secondary N) is 2. The van der Waals surface area contributed by atoms with E-state index in [2.05, 4.69) is 20.9 Å². The normalized spacial score (nSPS) is 17.3. The second-order valence-electron chi connectivity index (χ2n) is 7.51. The Bertz CT molecular complexity index is 1260. The molecule has 1 aliphatic heterocycles. The Morgan fingerprint density at radius 1 is 1.00 bits per heavy atom. The highest BCUT2D eigenvalue weighted by atomic mass is 35.5. The van der Waals surface area contributed by atoms with E-state index in [-0.39, 0.29) is 11.9 Å². The van der Waals surface area contributed by atoms with Crippen molar-refractivity contribution in [3.05, 3.63) is 95.0 Å². The first-order valence-electron chi connectivity index (χ1n) is 10.2. The van der Waals surface area contributed by atoms with Gasteiger partial charge in [0.1, 0.15) is 5.25 Å². The number of anilines is 1.